The van der Waals surface area contributed by atoms with E-state index in [-0.39, 0.29) is 5.91 Å². The lowest BCUT2D eigenvalue weighted by atomic mass is 10.1. The van der Waals surface area contributed by atoms with Crippen molar-refractivity contribution in [2.24, 2.45) is 0 Å². The summed E-state index contributed by atoms with van der Waals surface area (Å²) in [6.07, 6.45) is 0. The topological polar surface area (TPSA) is 55.4 Å². The first-order valence-electron chi connectivity index (χ1n) is 8.07. The fraction of sp³-hybridized carbons (Fsp3) is 0.0476. The van der Waals surface area contributed by atoms with Gasteiger partial charge in [-0.3, -0.25) is 4.79 Å². The van der Waals surface area contributed by atoms with Crippen LogP contribution in [0.25, 0.3) is 20.9 Å². The number of carbonyl (C=O) groups is 2. The lowest BCUT2D eigenvalue weighted by Gasteiger charge is -2.08. The second kappa shape index (κ2) is 6.61. The molecule has 0 aliphatic rings. The van der Waals surface area contributed by atoms with Crippen LogP contribution in [0.2, 0.25) is 0 Å². The molecule has 0 aliphatic heterocycles. The predicted octanol–water partition coefficient (Wildman–Crippen LogP) is 5.09. The monoisotopic (exact) mass is 361 g/mol. The Hall–Kier alpha value is -3.18. The molecule has 1 N–H and O–H groups in total. The number of carbonyl (C=O) groups excluding carboxylic acids is 2. The quantitative estimate of drug-likeness (QED) is 0.517. The van der Waals surface area contributed by atoms with Crippen LogP contribution in [0.4, 0.5) is 5.69 Å². The molecule has 5 heteroatoms. The van der Waals surface area contributed by atoms with Gasteiger partial charge in [-0.05, 0) is 29.0 Å². The van der Waals surface area contributed by atoms with Crippen molar-refractivity contribution in [2.75, 3.05) is 12.4 Å². The second-order valence-corrected chi connectivity index (χ2v) is 6.86. The zero-order chi connectivity index (χ0) is 18.1. The van der Waals surface area contributed by atoms with E-state index >= 15 is 0 Å². The Morgan fingerprint density at radius 1 is 0.923 bits per heavy atom. The summed E-state index contributed by atoms with van der Waals surface area (Å²) in [5.74, 6) is -0.718. The maximum absolute atomic E-state index is 12.8. The number of rotatable bonds is 3. The Balaban J connectivity index is 1.75. The first kappa shape index (κ1) is 16.3. The fourth-order valence-electron chi connectivity index (χ4n) is 2.92. The van der Waals surface area contributed by atoms with Gasteiger partial charge in [0.05, 0.1) is 12.8 Å². The highest BCUT2D eigenvalue weighted by atomic mass is 32.1. The third-order valence-electron chi connectivity index (χ3n) is 4.22. The van der Waals surface area contributed by atoms with Crippen molar-refractivity contribution in [1.82, 2.24) is 0 Å². The number of benzene rings is 3. The molecule has 3 aromatic carbocycles. The van der Waals surface area contributed by atoms with Crippen LogP contribution in [0.5, 0.6) is 0 Å². The largest absolute Gasteiger partial charge is 0.465 e. The number of hydrogen-bond acceptors (Lipinski definition) is 4. The molecular formula is C21H15NO3S. The summed E-state index contributed by atoms with van der Waals surface area (Å²) in [6, 6.07) is 21.0. The normalized spacial score (nSPS) is 10.8. The van der Waals surface area contributed by atoms with Gasteiger partial charge in [-0.15, -0.1) is 11.3 Å². The lowest BCUT2D eigenvalue weighted by Crippen LogP contribution is -2.14. The Morgan fingerprint density at radius 2 is 1.65 bits per heavy atom. The molecular weight excluding hydrogens is 346 g/mol. The van der Waals surface area contributed by atoms with Crippen LogP contribution in [0.15, 0.2) is 66.7 Å². The van der Waals surface area contributed by atoms with Crippen LogP contribution >= 0.6 is 11.3 Å². The average molecular weight is 361 g/mol. The van der Waals surface area contributed by atoms with E-state index in [1.165, 1.54) is 18.4 Å². The Kier molecular flexibility index (Phi) is 4.14. The van der Waals surface area contributed by atoms with Gasteiger partial charge >= 0.3 is 5.97 Å². The van der Waals surface area contributed by atoms with Crippen LogP contribution in [0.1, 0.15) is 20.0 Å². The standard InChI is InChI=1S/C21H15NO3S/c1-25-21(24)19-18(16-8-4-5-9-17(16)26-19)22-20(23)15-11-10-13-6-2-3-7-14(13)12-15/h2-12H,1H3,(H,22,23). The number of ether oxygens (including phenoxy) is 1. The fourth-order valence-corrected chi connectivity index (χ4v) is 4.00. The highest BCUT2D eigenvalue weighted by molar-refractivity contribution is 7.21. The van der Waals surface area contributed by atoms with Crippen molar-refractivity contribution in [2.45, 2.75) is 0 Å². The van der Waals surface area contributed by atoms with Gasteiger partial charge in [0.1, 0.15) is 4.88 Å². The van der Waals surface area contributed by atoms with Crippen LogP contribution in [-0.2, 0) is 4.74 Å². The van der Waals surface area contributed by atoms with E-state index in [1.54, 1.807) is 6.07 Å². The molecule has 0 atom stereocenters. The highest BCUT2D eigenvalue weighted by Gasteiger charge is 2.21. The Labute approximate surface area is 154 Å². The summed E-state index contributed by atoms with van der Waals surface area (Å²) in [5.41, 5.74) is 1.03. The minimum atomic E-state index is -0.458. The number of anilines is 1. The van der Waals surface area contributed by atoms with Gasteiger partial charge in [-0.1, -0.05) is 48.5 Å². The van der Waals surface area contributed by atoms with Crippen LogP contribution in [0.3, 0.4) is 0 Å². The number of thiophene rings is 1. The molecule has 1 aromatic heterocycles. The van der Waals surface area contributed by atoms with E-state index < -0.39 is 5.97 Å². The Morgan fingerprint density at radius 3 is 2.46 bits per heavy atom. The summed E-state index contributed by atoms with van der Waals surface area (Å²) < 4.78 is 5.79. The van der Waals surface area contributed by atoms with Crippen LogP contribution < -0.4 is 5.32 Å². The molecule has 0 aliphatic carbocycles. The molecule has 4 aromatic rings. The molecule has 0 saturated heterocycles. The van der Waals surface area contributed by atoms with Crippen LogP contribution in [-0.4, -0.2) is 19.0 Å². The van der Waals surface area contributed by atoms with Gasteiger partial charge in [-0.25, -0.2) is 4.79 Å². The second-order valence-electron chi connectivity index (χ2n) is 5.81. The maximum atomic E-state index is 12.8. The average Bonchev–Trinajstić information content (AvgIpc) is 3.05. The van der Waals surface area contributed by atoms with E-state index in [9.17, 15) is 9.59 Å². The van der Waals surface area contributed by atoms with Gasteiger partial charge in [0.2, 0.25) is 0 Å². The van der Waals surface area contributed by atoms with Gasteiger partial charge in [0, 0.05) is 15.6 Å². The summed E-state index contributed by atoms with van der Waals surface area (Å²) in [6.45, 7) is 0. The molecule has 0 fully saturated rings. The van der Waals surface area contributed by atoms with Gasteiger partial charge in [0.15, 0.2) is 0 Å². The van der Waals surface area contributed by atoms with E-state index in [4.69, 9.17) is 4.74 Å². The maximum Gasteiger partial charge on any atom is 0.350 e. The summed E-state index contributed by atoms with van der Waals surface area (Å²) in [5, 5.41) is 5.79. The number of methoxy groups -OCH3 is 1. The van der Waals surface area contributed by atoms with Crippen molar-refractivity contribution in [3.63, 3.8) is 0 Å². The van der Waals surface area contributed by atoms with Crippen molar-refractivity contribution in [3.8, 4) is 0 Å². The molecule has 128 valence electrons. The highest BCUT2D eigenvalue weighted by Crippen LogP contribution is 2.36. The molecule has 0 spiro atoms. The third kappa shape index (κ3) is 2.82. The Bertz CT molecular complexity index is 1150. The van der Waals surface area contributed by atoms with Crippen molar-refractivity contribution < 1.29 is 14.3 Å². The van der Waals surface area contributed by atoms with Crippen molar-refractivity contribution in [3.05, 3.63) is 77.2 Å². The van der Waals surface area contributed by atoms with E-state index in [0.717, 1.165) is 20.9 Å². The summed E-state index contributed by atoms with van der Waals surface area (Å²) in [7, 11) is 1.33. The molecule has 26 heavy (non-hydrogen) atoms. The van der Waals surface area contributed by atoms with Crippen molar-refractivity contribution >= 4 is 49.8 Å². The number of nitrogens with one attached hydrogen (secondary N) is 1. The number of amides is 1. The molecule has 0 unspecified atom stereocenters. The molecule has 0 radical (unpaired) electrons. The molecule has 1 heterocycles. The summed E-state index contributed by atoms with van der Waals surface area (Å²) >= 11 is 1.31. The van der Waals surface area contributed by atoms with Gasteiger partial charge < -0.3 is 10.1 Å². The lowest BCUT2D eigenvalue weighted by molar-refractivity contribution is 0.0607. The third-order valence-corrected chi connectivity index (χ3v) is 5.37. The predicted molar refractivity (Wildman–Crippen MR) is 105 cm³/mol. The first-order valence-corrected chi connectivity index (χ1v) is 8.89. The zero-order valence-electron chi connectivity index (χ0n) is 14.0. The van der Waals surface area contributed by atoms with Gasteiger partial charge in [0.25, 0.3) is 5.91 Å². The van der Waals surface area contributed by atoms with Crippen molar-refractivity contribution in [1.29, 1.82) is 0 Å². The first-order chi connectivity index (χ1) is 12.7. The van der Waals surface area contributed by atoms with E-state index in [2.05, 4.69) is 5.32 Å². The summed E-state index contributed by atoms with van der Waals surface area (Å²) in [4.78, 5) is 25.3. The molecule has 4 nitrogen and oxygen atoms in total. The minimum absolute atomic E-state index is 0.260. The molecule has 4 rings (SSSR count). The zero-order valence-corrected chi connectivity index (χ0v) is 14.8. The SMILES string of the molecule is COC(=O)c1sc2ccccc2c1NC(=O)c1ccc2ccccc2c1. The minimum Gasteiger partial charge on any atom is -0.465 e. The smallest absolute Gasteiger partial charge is 0.350 e. The number of esters is 1. The number of fused-ring (bicyclic) bond motifs is 2. The van der Waals surface area contributed by atoms with E-state index in [1.807, 2.05) is 60.7 Å². The van der Waals surface area contributed by atoms with Gasteiger partial charge in [-0.2, -0.15) is 0 Å². The molecule has 0 bridgehead atoms. The molecule has 0 saturated carbocycles. The van der Waals surface area contributed by atoms with Crippen LogP contribution in [0, 0.1) is 0 Å². The van der Waals surface area contributed by atoms with E-state index in [0.29, 0.717) is 16.1 Å². The number of hydrogen-bond donors (Lipinski definition) is 1. The molecule has 1 amide bonds.